The fraction of sp³-hybridized carbons (Fsp3) is 0.214. The van der Waals surface area contributed by atoms with Crippen LogP contribution in [-0.4, -0.2) is 19.7 Å². The van der Waals surface area contributed by atoms with Gasteiger partial charge >= 0.3 is 0 Å². The summed E-state index contributed by atoms with van der Waals surface area (Å²) in [5.41, 5.74) is 2.99. The normalized spacial score (nSPS) is 11.3. The number of nitrogens with zero attached hydrogens (tertiary/aromatic N) is 1. The van der Waals surface area contributed by atoms with E-state index in [9.17, 15) is 8.42 Å². The number of pyridine rings is 1. The molecule has 0 fully saturated rings. The molecule has 5 heteroatoms. The zero-order chi connectivity index (χ0) is 13.9. The minimum atomic E-state index is -3.12. The lowest BCUT2D eigenvalue weighted by Crippen LogP contribution is -2.01. The van der Waals surface area contributed by atoms with Crippen LogP contribution in [0.25, 0.3) is 0 Å². The van der Waals surface area contributed by atoms with E-state index in [0.29, 0.717) is 11.4 Å². The number of aromatic nitrogens is 1. The van der Waals surface area contributed by atoms with Gasteiger partial charge in [0.05, 0.1) is 4.90 Å². The summed E-state index contributed by atoms with van der Waals surface area (Å²) < 4.78 is 22.7. The molecule has 2 aromatic rings. The molecule has 0 saturated heterocycles. The largest absolute Gasteiger partial charge is 0.381 e. The molecule has 0 bridgehead atoms. The van der Waals surface area contributed by atoms with Gasteiger partial charge in [0.2, 0.25) is 0 Å². The van der Waals surface area contributed by atoms with Crippen molar-refractivity contribution in [3.8, 4) is 0 Å². The molecule has 0 aliphatic rings. The van der Waals surface area contributed by atoms with Gasteiger partial charge in [-0.05, 0) is 36.8 Å². The third-order valence-corrected chi connectivity index (χ3v) is 3.87. The molecule has 0 aliphatic heterocycles. The molecule has 1 N–H and O–H groups in total. The van der Waals surface area contributed by atoms with Gasteiger partial charge in [0.1, 0.15) is 0 Å². The highest BCUT2D eigenvalue weighted by Crippen LogP contribution is 2.13. The Morgan fingerprint density at radius 1 is 1.16 bits per heavy atom. The number of aryl methyl sites for hydroxylation is 1. The highest BCUT2D eigenvalue weighted by Gasteiger charge is 2.05. The lowest BCUT2D eigenvalue weighted by Gasteiger charge is -2.07. The second kappa shape index (κ2) is 5.40. The van der Waals surface area contributed by atoms with Gasteiger partial charge in [0.25, 0.3) is 0 Å². The van der Waals surface area contributed by atoms with Crippen molar-refractivity contribution < 1.29 is 8.42 Å². The zero-order valence-corrected chi connectivity index (χ0v) is 11.7. The summed E-state index contributed by atoms with van der Waals surface area (Å²) in [6, 6.07) is 10.8. The first-order valence-corrected chi connectivity index (χ1v) is 7.80. The maximum absolute atomic E-state index is 11.3. The topological polar surface area (TPSA) is 59.1 Å². The summed E-state index contributed by atoms with van der Waals surface area (Å²) in [6.07, 6.45) is 2.96. The highest BCUT2D eigenvalue weighted by molar-refractivity contribution is 7.90. The molecule has 4 nitrogen and oxygen atoms in total. The van der Waals surface area contributed by atoms with Gasteiger partial charge in [-0.1, -0.05) is 12.1 Å². The van der Waals surface area contributed by atoms with Crippen molar-refractivity contribution in [2.24, 2.45) is 0 Å². The summed E-state index contributed by atoms with van der Waals surface area (Å²) in [4.78, 5) is 4.47. The molecule has 0 unspecified atom stereocenters. The summed E-state index contributed by atoms with van der Waals surface area (Å²) >= 11 is 0. The first-order valence-electron chi connectivity index (χ1n) is 5.91. The SMILES string of the molecule is Cc1cc(NCc2ccc(S(C)(=O)=O)cc2)ccn1. The van der Waals surface area contributed by atoms with E-state index in [1.165, 1.54) is 6.26 Å². The molecule has 100 valence electrons. The molecule has 0 amide bonds. The number of rotatable bonds is 4. The number of anilines is 1. The Kier molecular flexibility index (Phi) is 3.85. The second-order valence-electron chi connectivity index (χ2n) is 4.46. The molecule has 19 heavy (non-hydrogen) atoms. The van der Waals surface area contributed by atoms with E-state index in [1.807, 2.05) is 31.2 Å². The van der Waals surface area contributed by atoms with E-state index in [1.54, 1.807) is 18.3 Å². The Morgan fingerprint density at radius 3 is 2.42 bits per heavy atom. The number of sulfone groups is 1. The Morgan fingerprint density at radius 2 is 1.84 bits per heavy atom. The van der Waals surface area contributed by atoms with Crippen LogP contribution in [0.15, 0.2) is 47.5 Å². The van der Waals surface area contributed by atoms with Crippen LogP contribution in [0.4, 0.5) is 5.69 Å². The predicted molar refractivity (Wildman–Crippen MR) is 75.9 cm³/mol. The molecule has 1 heterocycles. The zero-order valence-electron chi connectivity index (χ0n) is 10.9. The Labute approximate surface area is 113 Å². The molecule has 0 aliphatic carbocycles. The summed E-state index contributed by atoms with van der Waals surface area (Å²) in [7, 11) is -3.12. The number of hydrogen-bond donors (Lipinski definition) is 1. The first kappa shape index (κ1) is 13.5. The number of nitrogens with one attached hydrogen (secondary N) is 1. The summed E-state index contributed by atoms with van der Waals surface area (Å²) in [5, 5.41) is 3.27. The van der Waals surface area contributed by atoms with Crippen molar-refractivity contribution >= 4 is 15.5 Å². The molecule has 0 spiro atoms. The lowest BCUT2D eigenvalue weighted by molar-refractivity contribution is 0.602. The van der Waals surface area contributed by atoms with Crippen molar-refractivity contribution in [2.75, 3.05) is 11.6 Å². The van der Waals surface area contributed by atoms with Gasteiger partial charge in [-0.2, -0.15) is 0 Å². The van der Waals surface area contributed by atoms with E-state index in [0.717, 1.165) is 16.9 Å². The van der Waals surface area contributed by atoms with E-state index >= 15 is 0 Å². The van der Waals surface area contributed by atoms with Crippen molar-refractivity contribution in [3.05, 3.63) is 53.9 Å². The summed E-state index contributed by atoms with van der Waals surface area (Å²) in [5.74, 6) is 0. The smallest absolute Gasteiger partial charge is 0.175 e. The minimum Gasteiger partial charge on any atom is -0.381 e. The quantitative estimate of drug-likeness (QED) is 0.931. The summed E-state index contributed by atoms with van der Waals surface area (Å²) in [6.45, 7) is 2.58. The van der Waals surface area contributed by atoms with Crippen LogP contribution in [0, 0.1) is 6.92 Å². The van der Waals surface area contributed by atoms with Crippen molar-refractivity contribution in [1.29, 1.82) is 0 Å². The van der Waals surface area contributed by atoms with Gasteiger partial charge in [0.15, 0.2) is 9.84 Å². The van der Waals surface area contributed by atoms with Gasteiger partial charge in [0, 0.05) is 30.4 Å². The average Bonchev–Trinajstić information content (AvgIpc) is 2.36. The standard InChI is InChI=1S/C14H16N2O2S/c1-11-9-13(7-8-15-11)16-10-12-3-5-14(6-4-12)19(2,17)18/h3-9H,10H2,1-2H3,(H,15,16). The fourth-order valence-electron chi connectivity index (χ4n) is 1.71. The van der Waals surface area contributed by atoms with E-state index in [4.69, 9.17) is 0 Å². The van der Waals surface area contributed by atoms with Crippen LogP contribution in [0.1, 0.15) is 11.3 Å². The van der Waals surface area contributed by atoms with Crippen molar-refractivity contribution in [3.63, 3.8) is 0 Å². The first-order chi connectivity index (χ1) is 8.95. The van der Waals surface area contributed by atoms with Crippen LogP contribution in [0.5, 0.6) is 0 Å². The van der Waals surface area contributed by atoms with Crippen LogP contribution >= 0.6 is 0 Å². The van der Waals surface area contributed by atoms with Crippen molar-refractivity contribution in [2.45, 2.75) is 18.4 Å². The number of benzene rings is 1. The Hall–Kier alpha value is -1.88. The predicted octanol–water partition coefficient (Wildman–Crippen LogP) is 2.41. The third-order valence-electron chi connectivity index (χ3n) is 2.74. The molecule has 1 aromatic carbocycles. The van der Waals surface area contributed by atoms with Gasteiger partial charge in [-0.15, -0.1) is 0 Å². The highest BCUT2D eigenvalue weighted by atomic mass is 32.2. The van der Waals surface area contributed by atoms with Crippen molar-refractivity contribution in [1.82, 2.24) is 4.98 Å². The lowest BCUT2D eigenvalue weighted by atomic mass is 10.2. The minimum absolute atomic E-state index is 0.344. The molecule has 0 radical (unpaired) electrons. The molecule has 1 aromatic heterocycles. The molecular weight excluding hydrogens is 260 g/mol. The van der Waals surface area contributed by atoms with Crippen LogP contribution in [0.2, 0.25) is 0 Å². The van der Waals surface area contributed by atoms with Gasteiger partial charge < -0.3 is 5.32 Å². The van der Waals surface area contributed by atoms with Crippen LogP contribution < -0.4 is 5.32 Å². The van der Waals surface area contributed by atoms with E-state index < -0.39 is 9.84 Å². The second-order valence-corrected chi connectivity index (χ2v) is 6.47. The number of hydrogen-bond acceptors (Lipinski definition) is 4. The average molecular weight is 276 g/mol. The van der Waals surface area contributed by atoms with E-state index in [2.05, 4.69) is 10.3 Å². The molecular formula is C14H16N2O2S. The molecule has 0 saturated carbocycles. The monoisotopic (exact) mass is 276 g/mol. The maximum atomic E-state index is 11.3. The molecule has 2 rings (SSSR count). The Balaban J connectivity index is 2.05. The van der Waals surface area contributed by atoms with Crippen LogP contribution in [0.3, 0.4) is 0 Å². The van der Waals surface area contributed by atoms with Crippen LogP contribution in [-0.2, 0) is 16.4 Å². The van der Waals surface area contributed by atoms with E-state index in [-0.39, 0.29) is 0 Å². The third kappa shape index (κ3) is 3.79. The maximum Gasteiger partial charge on any atom is 0.175 e. The fourth-order valence-corrected chi connectivity index (χ4v) is 2.34. The van der Waals surface area contributed by atoms with Gasteiger partial charge in [-0.25, -0.2) is 8.42 Å². The van der Waals surface area contributed by atoms with Gasteiger partial charge in [-0.3, -0.25) is 4.98 Å². The Bertz CT molecular complexity index is 664. The molecule has 0 atom stereocenters.